The van der Waals surface area contributed by atoms with E-state index < -0.39 is 0 Å². The molecule has 3 N–H and O–H groups in total. The van der Waals surface area contributed by atoms with E-state index in [-0.39, 0.29) is 11.9 Å². The maximum Gasteiger partial charge on any atom is 0.222 e. The second-order valence-electron chi connectivity index (χ2n) is 7.02. The van der Waals surface area contributed by atoms with E-state index in [0.29, 0.717) is 24.2 Å². The van der Waals surface area contributed by atoms with E-state index in [1.165, 1.54) is 12.1 Å². The van der Waals surface area contributed by atoms with Crippen LogP contribution < -0.4 is 16.2 Å². The SMILES string of the molecule is CC(CNCC1CNNC1c1ccc(F)cc1)CN1CCCC1=O. The molecule has 3 atom stereocenters. The molecule has 0 radical (unpaired) electrons. The first-order chi connectivity index (χ1) is 11.6. The molecule has 2 saturated heterocycles. The molecule has 1 aromatic carbocycles. The van der Waals surface area contributed by atoms with Gasteiger partial charge in [0.1, 0.15) is 5.82 Å². The zero-order valence-corrected chi connectivity index (χ0v) is 14.2. The highest BCUT2D eigenvalue weighted by Crippen LogP contribution is 2.24. The van der Waals surface area contributed by atoms with Crippen LogP contribution in [0, 0.1) is 17.7 Å². The molecule has 2 aliphatic rings. The normalized spacial score (nSPS) is 25.4. The van der Waals surface area contributed by atoms with E-state index in [1.54, 1.807) is 0 Å². The van der Waals surface area contributed by atoms with Crippen molar-refractivity contribution in [2.75, 3.05) is 32.7 Å². The summed E-state index contributed by atoms with van der Waals surface area (Å²) >= 11 is 0. The number of likely N-dealkylation sites (tertiary alicyclic amines) is 1. The summed E-state index contributed by atoms with van der Waals surface area (Å²) in [6, 6.07) is 6.89. The van der Waals surface area contributed by atoms with E-state index in [1.807, 2.05) is 17.0 Å². The molecule has 0 spiro atoms. The standard InChI is InChI=1S/C18H27FN4O/c1-13(12-23-8-2-3-17(23)24)9-20-10-15-11-21-22-18(15)14-4-6-16(19)7-5-14/h4-7,13,15,18,20-22H,2-3,8-12H2,1H3. The second kappa shape index (κ2) is 8.05. The van der Waals surface area contributed by atoms with E-state index in [0.717, 1.165) is 44.7 Å². The van der Waals surface area contributed by atoms with Crippen LogP contribution in [-0.4, -0.2) is 43.5 Å². The van der Waals surface area contributed by atoms with Crippen molar-refractivity contribution in [3.63, 3.8) is 0 Å². The van der Waals surface area contributed by atoms with Crippen LogP contribution in [-0.2, 0) is 4.79 Å². The lowest BCUT2D eigenvalue weighted by atomic mass is 9.94. The Morgan fingerprint density at radius 3 is 2.88 bits per heavy atom. The maximum absolute atomic E-state index is 13.1. The number of hydrogen-bond acceptors (Lipinski definition) is 4. The van der Waals surface area contributed by atoms with Crippen molar-refractivity contribution >= 4 is 5.91 Å². The number of carbonyl (C=O) groups is 1. The molecule has 2 aliphatic heterocycles. The summed E-state index contributed by atoms with van der Waals surface area (Å²) in [6.45, 7) is 6.60. The third-order valence-electron chi connectivity index (χ3n) is 4.93. The number of nitrogens with one attached hydrogen (secondary N) is 3. The molecule has 1 aromatic rings. The molecule has 0 bridgehead atoms. The minimum atomic E-state index is -0.204. The lowest BCUT2D eigenvalue weighted by Crippen LogP contribution is -2.36. The van der Waals surface area contributed by atoms with E-state index in [4.69, 9.17) is 0 Å². The van der Waals surface area contributed by atoms with Crippen LogP contribution in [0.2, 0.25) is 0 Å². The van der Waals surface area contributed by atoms with Gasteiger partial charge in [-0.1, -0.05) is 19.1 Å². The first-order valence-corrected chi connectivity index (χ1v) is 8.86. The van der Waals surface area contributed by atoms with Crippen molar-refractivity contribution in [3.8, 4) is 0 Å². The van der Waals surface area contributed by atoms with Gasteiger partial charge in [0.05, 0.1) is 6.04 Å². The fourth-order valence-electron chi connectivity index (χ4n) is 3.60. The summed E-state index contributed by atoms with van der Waals surface area (Å²) in [4.78, 5) is 13.7. The Hall–Kier alpha value is -1.50. The Morgan fingerprint density at radius 2 is 2.17 bits per heavy atom. The average molecular weight is 334 g/mol. The van der Waals surface area contributed by atoms with Crippen molar-refractivity contribution < 1.29 is 9.18 Å². The van der Waals surface area contributed by atoms with Crippen molar-refractivity contribution in [1.82, 2.24) is 21.1 Å². The number of hydrogen-bond donors (Lipinski definition) is 3. The minimum absolute atomic E-state index is 0.188. The number of amides is 1. The molecule has 0 aliphatic carbocycles. The lowest BCUT2D eigenvalue weighted by molar-refractivity contribution is -0.128. The lowest BCUT2D eigenvalue weighted by Gasteiger charge is -2.23. The monoisotopic (exact) mass is 334 g/mol. The third kappa shape index (κ3) is 4.32. The van der Waals surface area contributed by atoms with E-state index >= 15 is 0 Å². The largest absolute Gasteiger partial charge is 0.342 e. The Kier molecular flexibility index (Phi) is 5.81. The van der Waals surface area contributed by atoms with Crippen LogP contribution in [0.15, 0.2) is 24.3 Å². The zero-order chi connectivity index (χ0) is 16.9. The minimum Gasteiger partial charge on any atom is -0.342 e. The van der Waals surface area contributed by atoms with E-state index in [2.05, 4.69) is 23.1 Å². The van der Waals surface area contributed by atoms with Crippen LogP contribution in [0.25, 0.3) is 0 Å². The average Bonchev–Trinajstić information content (AvgIpc) is 3.18. The Morgan fingerprint density at radius 1 is 1.38 bits per heavy atom. The molecule has 6 heteroatoms. The van der Waals surface area contributed by atoms with Gasteiger partial charge in [0.2, 0.25) is 5.91 Å². The van der Waals surface area contributed by atoms with Crippen molar-refractivity contribution in [3.05, 3.63) is 35.6 Å². The molecule has 2 fully saturated rings. The summed E-state index contributed by atoms with van der Waals surface area (Å²) in [7, 11) is 0. The summed E-state index contributed by atoms with van der Waals surface area (Å²) in [5.41, 5.74) is 7.58. The molecular weight excluding hydrogens is 307 g/mol. The number of hydrazine groups is 1. The van der Waals surface area contributed by atoms with Crippen molar-refractivity contribution in [2.45, 2.75) is 25.8 Å². The first-order valence-electron chi connectivity index (χ1n) is 8.86. The van der Waals surface area contributed by atoms with Crippen LogP contribution in [0.1, 0.15) is 31.4 Å². The highest BCUT2D eigenvalue weighted by molar-refractivity contribution is 5.78. The smallest absolute Gasteiger partial charge is 0.222 e. The summed E-state index contributed by atoms with van der Waals surface area (Å²) in [5, 5.41) is 3.53. The highest BCUT2D eigenvalue weighted by atomic mass is 19.1. The van der Waals surface area contributed by atoms with Gasteiger partial charge in [-0.3, -0.25) is 10.2 Å². The Balaban J connectivity index is 1.43. The first kappa shape index (κ1) is 17.3. The molecule has 5 nitrogen and oxygen atoms in total. The number of halogens is 1. The Labute approximate surface area is 143 Å². The predicted octanol–water partition coefficient (Wildman–Crippen LogP) is 1.44. The molecule has 1 amide bonds. The third-order valence-corrected chi connectivity index (χ3v) is 4.93. The van der Waals surface area contributed by atoms with Gasteiger partial charge in [0, 0.05) is 38.5 Å². The zero-order valence-electron chi connectivity index (χ0n) is 14.2. The topological polar surface area (TPSA) is 56.4 Å². The molecule has 132 valence electrons. The molecule has 0 aromatic heterocycles. The quantitative estimate of drug-likeness (QED) is 0.706. The Bertz CT molecular complexity index is 550. The van der Waals surface area contributed by atoms with Crippen LogP contribution >= 0.6 is 0 Å². The number of benzene rings is 1. The predicted molar refractivity (Wildman–Crippen MR) is 91.6 cm³/mol. The van der Waals surface area contributed by atoms with Gasteiger partial charge in [0.15, 0.2) is 0 Å². The van der Waals surface area contributed by atoms with Crippen molar-refractivity contribution in [2.24, 2.45) is 11.8 Å². The number of nitrogens with zero attached hydrogens (tertiary/aromatic N) is 1. The fraction of sp³-hybridized carbons (Fsp3) is 0.611. The number of carbonyl (C=O) groups excluding carboxylic acids is 1. The van der Waals surface area contributed by atoms with Gasteiger partial charge in [-0.2, -0.15) is 0 Å². The summed E-state index contributed by atoms with van der Waals surface area (Å²) < 4.78 is 13.1. The van der Waals surface area contributed by atoms with Gasteiger partial charge >= 0.3 is 0 Å². The van der Waals surface area contributed by atoms with Gasteiger partial charge in [-0.15, -0.1) is 0 Å². The van der Waals surface area contributed by atoms with E-state index in [9.17, 15) is 9.18 Å². The maximum atomic E-state index is 13.1. The van der Waals surface area contributed by atoms with Crippen LogP contribution in [0.5, 0.6) is 0 Å². The summed E-state index contributed by atoms with van der Waals surface area (Å²) in [6.07, 6.45) is 1.71. The van der Waals surface area contributed by atoms with Gasteiger partial charge in [0.25, 0.3) is 0 Å². The fourth-order valence-corrected chi connectivity index (χ4v) is 3.60. The van der Waals surface area contributed by atoms with Gasteiger partial charge in [-0.25, -0.2) is 9.82 Å². The second-order valence-corrected chi connectivity index (χ2v) is 7.02. The van der Waals surface area contributed by atoms with Gasteiger partial charge in [-0.05, 0) is 36.6 Å². The molecule has 3 rings (SSSR count). The summed E-state index contributed by atoms with van der Waals surface area (Å²) in [5.74, 6) is 0.946. The van der Waals surface area contributed by atoms with Crippen LogP contribution in [0.3, 0.4) is 0 Å². The molecule has 2 heterocycles. The van der Waals surface area contributed by atoms with Crippen molar-refractivity contribution in [1.29, 1.82) is 0 Å². The molecular formula is C18H27FN4O. The number of rotatable bonds is 7. The molecule has 3 unspecified atom stereocenters. The van der Waals surface area contributed by atoms with Gasteiger partial charge < -0.3 is 10.2 Å². The molecule has 24 heavy (non-hydrogen) atoms. The van der Waals surface area contributed by atoms with Crippen LogP contribution in [0.4, 0.5) is 4.39 Å². The molecule has 0 saturated carbocycles. The highest BCUT2D eigenvalue weighted by Gasteiger charge is 2.28.